The summed E-state index contributed by atoms with van der Waals surface area (Å²) in [6.45, 7) is -0.717. The smallest absolute Gasteiger partial charge is 0.323 e. The first-order valence-corrected chi connectivity index (χ1v) is 5.52. The SMILES string of the molecule is C#CCN(CC(=O)O)C(=O)Nc1ccc(OC)c(F)c1. The van der Waals surface area contributed by atoms with Crippen LogP contribution >= 0.6 is 0 Å². The van der Waals surface area contributed by atoms with Crippen LogP contribution in [-0.4, -0.2) is 42.2 Å². The van der Waals surface area contributed by atoms with Crippen LogP contribution < -0.4 is 10.1 Å². The zero-order chi connectivity index (χ0) is 15.1. The van der Waals surface area contributed by atoms with E-state index in [1.165, 1.54) is 19.2 Å². The third-order valence-corrected chi connectivity index (χ3v) is 2.30. The molecule has 1 rings (SSSR count). The summed E-state index contributed by atoms with van der Waals surface area (Å²) in [5.41, 5.74) is 0.167. The maximum Gasteiger partial charge on any atom is 0.323 e. The number of carbonyl (C=O) groups is 2. The number of urea groups is 1. The fourth-order valence-corrected chi connectivity index (χ4v) is 1.42. The van der Waals surface area contributed by atoms with Crippen molar-refractivity contribution < 1.29 is 23.8 Å². The zero-order valence-electron chi connectivity index (χ0n) is 10.7. The van der Waals surface area contributed by atoms with Gasteiger partial charge in [-0.2, -0.15) is 0 Å². The van der Waals surface area contributed by atoms with Crippen molar-refractivity contribution in [3.63, 3.8) is 0 Å². The summed E-state index contributed by atoms with van der Waals surface area (Å²) in [6.07, 6.45) is 5.06. The van der Waals surface area contributed by atoms with Gasteiger partial charge in [0.1, 0.15) is 6.54 Å². The fourth-order valence-electron chi connectivity index (χ4n) is 1.42. The highest BCUT2D eigenvalue weighted by atomic mass is 19.1. The van der Waals surface area contributed by atoms with Crippen molar-refractivity contribution in [1.82, 2.24) is 4.90 Å². The first kappa shape index (κ1) is 15.3. The van der Waals surface area contributed by atoms with E-state index < -0.39 is 24.4 Å². The summed E-state index contributed by atoms with van der Waals surface area (Å²) in [5, 5.41) is 11.0. The molecular weight excluding hydrogens is 267 g/mol. The molecular formula is C13H13FN2O4. The minimum Gasteiger partial charge on any atom is -0.494 e. The molecule has 0 aliphatic heterocycles. The van der Waals surface area contributed by atoms with Gasteiger partial charge < -0.3 is 20.1 Å². The van der Waals surface area contributed by atoms with Gasteiger partial charge in [-0.05, 0) is 12.1 Å². The van der Waals surface area contributed by atoms with Crippen molar-refractivity contribution in [2.24, 2.45) is 0 Å². The van der Waals surface area contributed by atoms with E-state index >= 15 is 0 Å². The number of terminal acetylenes is 1. The van der Waals surface area contributed by atoms with Crippen LogP contribution in [0.3, 0.4) is 0 Å². The highest BCUT2D eigenvalue weighted by Crippen LogP contribution is 2.20. The van der Waals surface area contributed by atoms with Crippen LogP contribution in [-0.2, 0) is 4.79 Å². The highest BCUT2D eigenvalue weighted by Gasteiger charge is 2.16. The van der Waals surface area contributed by atoms with Crippen molar-refractivity contribution in [3.05, 3.63) is 24.0 Å². The number of amides is 2. The Bertz CT molecular complexity index is 554. The van der Waals surface area contributed by atoms with Crippen molar-refractivity contribution in [1.29, 1.82) is 0 Å². The number of benzene rings is 1. The number of carboxylic acid groups (broad SMARTS) is 1. The lowest BCUT2D eigenvalue weighted by Gasteiger charge is -2.18. The molecule has 2 amide bonds. The Morgan fingerprint density at radius 3 is 2.75 bits per heavy atom. The normalized spacial score (nSPS) is 9.45. The number of nitrogens with one attached hydrogen (secondary N) is 1. The molecule has 1 aromatic rings. The summed E-state index contributed by atoms with van der Waals surface area (Å²) < 4.78 is 18.2. The summed E-state index contributed by atoms with van der Waals surface area (Å²) in [4.78, 5) is 23.3. The molecule has 0 aliphatic carbocycles. The van der Waals surface area contributed by atoms with E-state index in [4.69, 9.17) is 16.3 Å². The van der Waals surface area contributed by atoms with E-state index in [-0.39, 0.29) is 18.0 Å². The second-order valence-electron chi connectivity index (χ2n) is 3.73. The minimum absolute atomic E-state index is 0.0361. The summed E-state index contributed by atoms with van der Waals surface area (Å²) in [5.74, 6) is 0.369. The van der Waals surface area contributed by atoms with Gasteiger partial charge in [0.05, 0.1) is 13.7 Å². The molecule has 0 saturated heterocycles. The van der Waals surface area contributed by atoms with E-state index in [0.717, 1.165) is 11.0 Å². The maximum absolute atomic E-state index is 13.4. The van der Waals surface area contributed by atoms with Crippen molar-refractivity contribution in [2.45, 2.75) is 0 Å². The number of hydrogen-bond acceptors (Lipinski definition) is 3. The number of methoxy groups -OCH3 is 1. The summed E-state index contributed by atoms with van der Waals surface area (Å²) in [7, 11) is 1.32. The second kappa shape index (κ2) is 6.99. The third-order valence-electron chi connectivity index (χ3n) is 2.30. The number of carbonyl (C=O) groups excluding carboxylic acids is 1. The van der Waals surface area contributed by atoms with Crippen molar-refractivity contribution >= 4 is 17.7 Å². The lowest BCUT2D eigenvalue weighted by atomic mass is 10.3. The zero-order valence-corrected chi connectivity index (χ0v) is 10.7. The van der Waals surface area contributed by atoms with Gasteiger partial charge >= 0.3 is 12.0 Å². The van der Waals surface area contributed by atoms with Crippen LogP contribution in [0.4, 0.5) is 14.9 Å². The fraction of sp³-hybridized carbons (Fsp3) is 0.231. The molecule has 20 heavy (non-hydrogen) atoms. The van der Waals surface area contributed by atoms with Crippen LogP contribution in [0.15, 0.2) is 18.2 Å². The van der Waals surface area contributed by atoms with Crippen LogP contribution in [0, 0.1) is 18.2 Å². The van der Waals surface area contributed by atoms with Gasteiger partial charge in [0.2, 0.25) is 0 Å². The molecule has 0 atom stereocenters. The average Bonchev–Trinajstić information content (AvgIpc) is 2.38. The second-order valence-corrected chi connectivity index (χ2v) is 3.73. The van der Waals surface area contributed by atoms with Crippen LogP contribution in [0.5, 0.6) is 5.75 Å². The lowest BCUT2D eigenvalue weighted by Crippen LogP contribution is -2.39. The quantitative estimate of drug-likeness (QED) is 0.799. The molecule has 0 aliphatic rings. The predicted molar refractivity (Wildman–Crippen MR) is 70.0 cm³/mol. The molecule has 1 aromatic carbocycles. The number of hydrogen-bond donors (Lipinski definition) is 2. The monoisotopic (exact) mass is 280 g/mol. The van der Waals surface area contributed by atoms with Gasteiger partial charge in [0.25, 0.3) is 0 Å². The first-order chi connectivity index (χ1) is 9.47. The number of rotatable bonds is 5. The summed E-state index contributed by atoms with van der Waals surface area (Å²) in [6, 6.07) is 3.10. The summed E-state index contributed by atoms with van der Waals surface area (Å²) >= 11 is 0. The molecule has 6 nitrogen and oxygen atoms in total. The molecule has 0 spiro atoms. The van der Waals surface area contributed by atoms with Gasteiger partial charge in [-0.3, -0.25) is 4.79 Å². The minimum atomic E-state index is -1.20. The topological polar surface area (TPSA) is 78.9 Å². The number of carboxylic acids is 1. The maximum atomic E-state index is 13.4. The van der Waals surface area contributed by atoms with Gasteiger partial charge in [0, 0.05) is 11.8 Å². The standard InChI is InChI=1S/C13H13FN2O4/c1-3-6-16(8-12(17)18)13(19)15-9-4-5-11(20-2)10(14)7-9/h1,4-5,7H,6,8H2,2H3,(H,15,19)(H,17,18). The Hall–Kier alpha value is -2.75. The number of ether oxygens (including phenoxy) is 1. The molecule has 106 valence electrons. The van der Waals surface area contributed by atoms with Gasteiger partial charge in [-0.15, -0.1) is 6.42 Å². The third kappa shape index (κ3) is 4.17. The van der Waals surface area contributed by atoms with Crippen molar-refractivity contribution in [2.75, 3.05) is 25.5 Å². The van der Waals surface area contributed by atoms with Gasteiger partial charge in [-0.1, -0.05) is 5.92 Å². The molecule has 0 heterocycles. The molecule has 0 fully saturated rings. The molecule has 0 bridgehead atoms. The molecule has 0 aromatic heterocycles. The molecule has 0 unspecified atom stereocenters. The van der Waals surface area contributed by atoms with E-state index in [0.29, 0.717) is 0 Å². The highest BCUT2D eigenvalue weighted by molar-refractivity contribution is 5.91. The Labute approximate surface area is 115 Å². The molecule has 7 heteroatoms. The molecule has 0 saturated carbocycles. The number of halogens is 1. The Morgan fingerprint density at radius 2 is 2.25 bits per heavy atom. The van der Waals surface area contributed by atoms with E-state index in [2.05, 4.69) is 11.2 Å². The van der Waals surface area contributed by atoms with Crippen molar-refractivity contribution in [3.8, 4) is 18.1 Å². The van der Waals surface area contributed by atoms with Crippen LogP contribution in [0.1, 0.15) is 0 Å². The van der Waals surface area contributed by atoms with E-state index in [9.17, 15) is 14.0 Å². The number of aliphatic carboxylic acids is 1. The van der Waals surface area contributed by atoms with Crippen LogP contribution in [0.2, 0.25) is 0 Å². The predicted octanol–water partition coefficient (Wildman–Crippen LogP) is 1.39. The van der Waals surface area contributed by atoms with E-state index in [1.807, 2.05) is 0 Å². The number of nitrogens with zero attached hydrogens (tertiary/aromatic N) is 1. The molecule has 0 radical (unpaired) electrons. The Balaban J connectivity index is 2.80. The average molecular weight is 280 g/mol. The lowest BCUT2D eigenvalue weighted by molar-refractivity contribution is -0.137. The number of anilines is 1. The van der Waals surface area contributed by atoms with Crippen LogP contribution in [0.25, 0.3) is 0 Å². The largest absolute Gasteiger partial charge is 0.494 e. The van der Waals surface area contributed by atoms with Gasteiger partial charge in [-0.25, -0.2) is 9.18 Å². The first-order valence-electron chi connectivity index (χ1n) is 5.52. The van der Waals surface area contributed by atoms with E-state index in [1.54, 1.807) is 0 Å². The Kier molecular flexibility index (Phi) is 5.35. The molecule has 2 N–H and O–H groups in total. The van der Waals surface area contributed by atoms with Gasteiger partial charge in [0.15, 0.2) is 11.6 Å². The Morgan fingerprint density at radius 1 is 1.55 bits per heavy atom.